The molecule has 0 aromatic carbocycles. The van der Waals surface area contributed by atoms with E-state index in [-0.39, 0.29) is 22.3 Å². The van der Waals surface area contributed by atoms with Gasteiger partial charge >= 0.3 is 0 Å². The first kappa shape index (κ1) is 13.0. The van der Waals surface area contributed by atoms with Gasteiger partial charge in [-0.25, -0.2) is 13.4 Å². The lowest BCUT2D eigenvalue weighted by atomic mass is 10.0. The summed E-state index contributed by atoms with van der Waals surface area (Å²) in [4.78, 5) is 3.86. The molecule has 0 unspecified atom stereocenters. The van der Waals surface area contributed by atoms with Gasteiger partial charge in [-0.3, -0.25) is 0 Å². The quantitative estimate of drug-likeness (QED) is 0.871. The first-order valence-electron chi connectivity index (χ1n) is 5.92. The maximum atomic E-state index is 12.2. The number of aromatic nitrogens is 1. The largest absolute Gasteiger partial charge is 0.316 e. The molecule has 1 N–H and O–H groups in total. The van der Waals surface area contributed by atoms with Crippen molar-refractivity contribution in [3.63, 3.8) is 0 Å². The molecule has 2 heterocycles. The Morgan fingerprint density at radius 3 is 3.06 bits per heavy atom. The van der Waals surface area contributed by atoms with Crippen LogP contribution in [0, 0.1) is 17.2 Å². The van der Waals surface area contributed by atoms with E-state index in [1.165, 1.54) is 12.3 Å². The van der Waals surface area contributed by atoms with Crippen LogP contribution in [0.25, 0.3) is 0 Å². The van der Waals surface area contributed by atoms with Gasteiger partial charge in [0.15, 0.2) is 14.9 Å². The molecule has 1 aromatic heterocycles. The molecule has 1 aromatic rings. The minimum atomic E-state index is -3.48. The average Bonchev–Trinajstić information content (AvgIpc) is 2.39. The molecule has 1 aliphatic rings. The van der Waals surface area contributed by atoms with Crippen molar-refractivity contribution in [1.29, 1.82) is 5.26 Å². The number of nitrogens with zero attached hydrogens (tertiary/aromatic N) is 2. The molecular weight excluding hydrogens is 250 g/mol. The number of pyridine rings is 1. The van der Waals surface area contributed by atoms with E-state index in [1.807, 2.05) is 6.07 Å². The zero-order valence-corrected chi connectivity index (χ0v) is 10.8. The van der Waals surface area contributed by atoms with Crippen molar-refractivity contribution in [3.8, 4) is 6.07 Å². The summed E-state index contributed by atoms with van der Waals surface area (Å²) in [6.07, 6.45) is 3.31. The van der Waals surface area contributed by atoms with Crippen LogP contribution in [0.4, 0.5) is 0 Å². The van der Waals surface area contributed by atoms with E-state index >= 15 is 0 Å². The fourth-order valence-corrected chi connectivity index (χ4v) is 3.91. The lowest BCUT2D eigenvalue weighted by Crippen LogP contribution is -2.34. The second-order valence-corrected chi connectivity index (χ2v) is 6.41. The van der Waals surface area contributed by atoms with Crippen molar-refractivity contribution >= 4 is 9.84 Å². The third-order valence-corrected chi connectivity index (χ3v) is 4.86. The van der Waals surface area contributed by atoms with Crippen LogP contribution in [0.1, 0.15) is 18.4 Å². The van der Waals surface area contributed by atoms with Crippen molar-refractivity contribution in [2.45, 2.75) is 17.9 Å². The highest BCUT2D eigenvalue weighted by atomic mass is 32.2. The SMILES string of the molecule is N#Cc1cccnc1S(=O)(=O)C[C@@H]1CCCNC1. The minimum Gasteiger partial charge on any atom is -0.316 e. The Hall–Kier alpha value is -1.45. The number of nitriles is 1. The van der Waals surface area contributed by atoms with E-state index in [0.29, 0.717) is 6.54 Å². The van der Waals surface area contributed by atoms with E-state index in [2.05, 4.69) is 10.3 Å². The summed E-state index contributed by atoms with van der Waals surface area (Å²) in [5.74, 6) is 0.170. The highest BCUT2D eigenvalue weighted by molar-refractivity contribution is 7.91. The molecule has 5 nitrogen and oxygen atoms in total. The third-order valence-electron chi connectivity index (χ3n) is 3.04. The average molecular weight is 265 g/mol. The summed E-state index contributed by atoms with van der Waals surface area (Å²) < 4.78 is 24.5. The highest BCUT2D eigenvalue weighted by Crippen LogP contribution is 2.19. The molecular formula is C12H15N3O2S. The lowest BCUT2D eigenvalue weighted by molar-refractivity contribution is 0.403. The minimum absolute atomic E-state index is 0.0612. The van der Waals surface area contributed by atoms with Gasteiger partial charge in [0.05, 0.1) is 11.3 Å². The number of piperidine rings is 1. The van der Waals surface area contributed by atoms with Crippen LogP contribution in [0.5, 0.6) is 0 Å². The first-order chi connectivity index (χ1) is 8.63. The molecule has 0 saturated carbocycles. The molecule has 6 heteroatoms. The fraction of sp³-hybridized carbons (Fsp3) is 0.500. The maximum Gasteiger partial charge on any atom is 0.197 e. The maximum absolute atomic E-state index is 12.2. The molecule has 0 radical (unpaired) electrons. The van der Waals surface area contributed by atoms with Crippen LogP contribution < -0.4 is 5.32 Å². The van der Waals surface area contributed by atoms with Gasteiger partial charge in [-0.05, 0) is 44.0 Å². The van der Waals surface area contributed by atoms with Crippen molar-refractivity contribution < 1.29 is 8.42 Å². The van der Waals surface area contributed by atoms with Gasteiger partial charge in [0, 0.05) is 6.20 Å². The zero-order valence-electron chi connectivity index (χ0n) is 9.96. The van der Waals surface area contributed by atoms with E-state index < -0.39 is 9.84 Å². The number of hydrogen-bond acceptors (Lipinski definition) is 5. The molecule has 1 fully saturated rings. The smallest absolute Gasteiger partial charge is 0.197 e. The molecule has 0 spiro atoms. The first-order valence-corrected chi connectivity index (χ1v) is 7.57. The summed E-state index contributed by atoms with van der Waals surface area (Å²) in [6.45, 7) is 1.66. The van der Waals surface area contributed by atoms with Gasteiger partial charge in [0.2, 0.25) is 0 Å². The summed E-state index contributed by atoms with van der Waals surface area (Å²) in [6, 6.07) is 4.94. The molecule has 1 atom stereocenters. The van der Waals surface area contributed by atoms with Crippen LogP contribution in [0.3, 0.4) is 0 Å². The van der Waals surface area contributed by atoms with Crippen LogP contribution in [-0.4, -0.2) is 32.2 Å². The second-order valence-electron chi connectivity index (χ2n) is 4.46. The standard InChI is InChI=1S/C12H15N3O2S/c13-7-11-4-2-6-15-12(11)18(16,17)9-10-3-1-5-14-8-10/h2,4,6,10,14H,1,3,5,8-9H2/t10-/m1/s1. The Labute approximate surface area is 107 Å². The molecule has 0 aliphatic carbocycles. The third kappa shape index (κ3) is 2.86. The van der Waals surface area contributed by atoms with Gasteiger partial charge < -0.3 is 5.32 Å². The molecule has 1 aliphatic heterocycles. The molecule has 96 valence electrons. The predicted molar refractivity (Wildman–Crippen MR) is 66.6 cm³/mol. The summed E-state index contributed by atoms with van der Waals surface area (Å²) in [7, 11) is -3.48. The summed E-state index contributed by atoms with van der Waals surface area (Å²) >= 11 is 0. The normalized spacial score (nSPS) is 20.3. The van der Waals surface area contributed by atoms with E-state index in [0.717, 1.165) is 19.4 Å². The van der Waals surface area contributed by atoms with Crippen molar-refractivity contribution in [1.82, 2.24) is 10.3 Å². The van der Waals surface area contributed by atoms with Crippen molar-refractivity contribution in [3.05, 3.63) is 23.9 Å². The van der Waals surface area contributed by atoms with Crippen LogP contribution in [-0.2, 0) is 9.84 Å². The number of hydrogen-bond donors (Lipinski definition) is 1. The van der Waals surface area contributed by atoms with E-state index in [9.17, 15) is 8.42 Å². The Morgan fingerprint density at radius 1 is 1.56 bits per heavy atom. The van der Waals surface area contributed by atoms with Gasteiger partial charge in [0.1, 0.15) is 6.07 Å². The zero-order chi connectivity index (χ0) is 13.0. The van der Waals surface area contributed by atoms with Crippen LogP contribution >= 0.6 is 0 Å². The highest BCUT2D eigenvalue weighted by Gasteiger charge is 2.26. The van der Waals surface area contributed by atoms with Crippen molar-refractivity contribution in [2.24, 2.45) is 5.92 Å². The molecule has 1 saturated heterocycles. The molecule has 18 heavy (non-hydrogen) atoms. The summed E-state index contributed by atoms with van der Waals surface area (Å²) in [5.41, 5.74) is 0.126. The van der Waals surface area contributed by atoms with Gasteiger partial charge in [-0.15, -0.1) is 0 Å². The Bertz CT molecular complexity index is 557. The topological polar surface area (TPSA) is 82.8 Å². The fourth-order valence-electron chi connectivity index (χ4n) is 2.18. The molecule has 2 rings (SSSR count). The van der Waals surface area contributed by atoms with Gasteiger partial charge in [0.25, 0.3) is 0 Å². The lowest BCUT2D eigenvalue weighted by Gasteiger charge is -2.22. The van der Waals surface area contributed by atoms with E-state index in [4.69, 9.17) is 5.26 Å². The van der Waals surface area contributed by atoms with Gasteiger partial charge in [-0.2, -0.15) is 5.26 Å². The van der Waals surface area contributed by atoms with Crippen LogP contribution in [0.15, 0.2) is 23.4 Å². The van der Waals surface area contributed by atoms with E-state index in [1.54, 1.807) is 6.07 Å². The summed E-state index contributed by atoms with van der Waals surface area (Å²) in [5, 5.41) is 12.0. The Morgan fingerprint density at radius 2 is 2.39 bits per heavy atom. The van der Waals surface area contributed by atoms with Gasteiger partial charge in [-0.1, -0.05) is 0 Å². The number of sulfone groups is 1. The van der Waals surface area contributed by atoms with Crippen LogP contribution in [0.2, 0.25) is 0 Å². The monoisotopic (exact) mass is 265 g/mol. The molecule has 0 amide bonds. The Kier molecular flexibility index (Phi) is 3.94. The number of nitrogens with one attached hydrogen (secondary N) is 1. The predicted octanol–water partition coefficient (Wildman–Crippen LogP) is 0.727. The Balaban J connectivity index is 2.22. The number of rotatable bonds is 3. The van der Waals surface area contributed by atoms with Crippen molar-refractivity contribution in [2.75, 3.05) is 18.8 Å². The second kappa shape index (κ2) is 5.46. The molecule has 0 bridgehead atoms.